The monoisotopic (exact) mass is 441 g/mol. The van der Waals surface area contributed by atoms with Crippen LogP contribution in [0.5, 0.6) is 0 Å². The quantitative estimate of drug-likeness (QED) is 0.722. The molecule has 2 amide bonds. The van der Waals surface area contributed by atoms with Crippen molar-refractivity contribution < 1.29 is 37.5 Å². The molecule has 27 heavy (non-hydrogen) atoms. The number of piperidine rings is 1. The molecule has 1 radical (unpaired) electrons. The molecule has 2 N–H and O–H groups in total. The molecule has 2 aliphatic rings. The standard InChI is InChI=1S/C19H24N6O.Y/c1-3-24-14(2)22-18(23-10-6-9-17(21)13-23)25(19(24)26)12-16-8-5-4-7-15(16)11-20;/h4-5,7-8,14,17H,1-3,6,9-10,12-13,21H2;/q-2;/t14?,17-;/m1./s1. The third-order valence-electron chi connectivity index (χ3n) is 4.79. The number of hydrogen-bond acceptors (Lipinski definition) is 5. The van der Waals surface area contributed by atoms with Crippen molar-refractivity contribution in [2.75, 3.05) is 19.6 Å². The fourth-order valence-corrected chi connectivity index (χ4v) is 3.41. The molecule has 0 bridgehead atoms. The molecule has 0 aliphatic carbocycles. The van der Waals surface area contributed by atoms with Crippen LogP contribution in [-0.4, -0.2) is 58.5 Å². The Kier molecular flexibility index (Phi) is 7.78. The second-order valence-electron chi connectivity index (χ2n) is 6.59. The minimum Gasteiger partial charge on any atom is -0.360 e. The Morgan fingerprint density at radius 1 is 1.37 bits per heavy atom. The molecule has 3 rings (SSSR count). The molecule has 141 valence electrons. The molecule has 1 aromatic rings. The van der Waals surface area contributed by atoms with Crippen molar-refractivity contribution in [3.05, 3.63) is 49.2 Å². The summed E-state index contributed by atoms with van der Waals surface area (Å²) in [5.41, 5.74) is 7.45. The molecular weight excluding hydrogens is 417 g/mol. The van der Waals surface area contributed by atoms with Crippen molar-refractivity contribution in [3.63, 3.8) is 0 Å². The van der Waals surface area contributed by atoms with Crippen LogP contribution in [0, 0.1) is 25.2 Å². The predicted molar refractivity (Wildman–Crippen MR) is 99.5 cm³/mol. The van der Waals surface area contributed by atoms with E-state index in [1.54, 1.807) is 11.0 Å². The third kappa shape index (κ3) is 4.68. The number of nitrogens with two attached hydrogens (primary N) is 1. The maximum atomic E-state index is 13.1. The Hall–Kier alpha value is -1.49. The van der Waals surface area contributed by atoms with E-state index >= 15 is 0 Å². The van der Waals surface area contributed by atoms with Gasteiger partial charge in [-0.2, -0.15) is 5.26 Å². The summed E-state index contributed by atoms with van der Waals surface area (Å²) >= 11 is 0. The van der Waals surface area contributed by atoms with Crippen LogP contribution in [0.15, 0.2) is 29.3 Å². The first-order valence-electron chi connectivity index (χ1n) is 8.82. The first kappa shape index (κ1) is 21.8. The van der Waals surface area contributed by atoms with Gasteiger partial charge in [-0.1, -0.05) is 18.2 Å². The van der Waals surface area contributed by atoms with Crippen molar-refractivity contribution in [2.45, 2.75) is 31.6 Å². The Morgan fingerprint density at radius 2 is 2.11 bits per heavy atom. The smallest absolute Gasteiger partial charge is 0.324 e. The molecule has 7 nitrogen and oxygen atoms in total. The fraction of sp³-hybridized carbons (Fsp3) is 0.421. The minimum atomic E-state index is -0.518. The maximum absolute atomic E-state index is 13.1. The van der Waals surface area contributed by atoms with Gasteiger partial charge in [-0.15, -0.1) is 6.54 Å². The Morgan fingerprint density at radius 3 is 2.78 bits per heavy atom. The molecular formula is C19H24N6OY-2. The number of amides is 2. The summed E-state index contributed by atoms with van der Waals surface area (Å²) in [7, 11) is 0. The zero-order chi connectivity index (χ0) is 18.7. The average molecular weight is 441 g/mol. The molecule has 0 spiro atoms. The number of hydrogen-bond donors (Lipinski definition) is 1. The number of benzene rings is 1. The van der Waals surface area contributed by atoms with Crippen molar-refractivity contribution in [3.8, 4) is 6.07 Å². The van der Waals surface area contributed by atoms with E-state index in [1.807, 2.05) is 18.2 Å². The number of nitriles is 1. The van der Waals surface area contributed by atoms with Crippen molar-refractivity contribution in [1.29, 1.82) is 5.26 Å². The Bertz CT molecular complexity index is 746. The van der Waals surface area contributed by atoms with Crippen LogP contribution in [-0.2, 0) is 39.3 Å². The molecule has 1 fully saturated rings. The molecule has 1 unspecified atom stereocenters. The van der Waals surface area contributed by atoms with Crippen molar-refractivity contribution in [2.24, 2.45) is 10.7 Å². The second-order valence-corrected chi connectivity index (χ2v) is 6.59. The molecule has 8 heteroatoms. The molecule has 0 saturated carbocycles. The van der Waals surface area contributed by atoms with E-state index in [2.05, 4.69) is 29.8 Å². The summed E-state index contributed by atoms with van der Waals surface area (Å²) < 4.78 is 0. The molecule has 0 aromatic heterocycles. The molecule has 1 aromatic carbocycles. The average Bonchev–Trinajstić information content (AvgIpc) is 2.64. The van der Waals surface area contributed by atoms with Crippen LogP contribution >= 0.6 is 0 Å². The van der Waals surface area contributed by atoms with Crippen molar-refractivity contribution >= 4 is 12.0 Å². The van der Waals surface area contributed by atoms with E-state index in [0.29, 0.717) is 18.1 Å². The molecule has 2 heterocycles. The number of carbonyl (C=O) groups excluding carboxylic acids is 1. The van der Waals surface area contributed by atoms with Crippen LogP contribution < -0.4 is 5.73 Å². The van der Waals surface area contributed by atoms with Gasteiger partial charge in [0.1, 0.15) is 0 Å². The Balaban J connectivity index is 0.00000261. The zero-order valence-corrected chi connectivity index (χ0v) is 18.3. The van der Waals surface area contributed by atoms with Gasteiger partial charge in [0, 0.05) is 58.0 Å². The third-order valence-corrected chi connectivity index (χ3v) is 4.79. The topological polar surface area (TPSA) is 89.0 Å². The SMILES string of the molecule is [CH2-]CN1C(=O)N(Cc2ccccc2C#N)C(N2CCC[C@@H](N)C2)=NC1[CH2-].[Y]. The van der Waals surface area contributed by atoms with E-state index in [0.717, 1.165) is 24.9 Å². The van der Waals surface area contributed by atoms with Gasteiger partial charge in [0.2, 0.25) is 5.96 Å². The van der Waals surface area contributed by atoms with Gasteiger partial charge in [0.15, 0.2) is 0 Å². The molecule has 2 aliphatic heterocycles. The van der Waals surface area contributed by atoms with Gasteiger partial charge in [0.05, 0.1) is 18.2 Å². The molecule has 1 saturated heterocycles. The minimum absolute atomic E-state index is 0. The molecule has 2 atom stereocenters. The van der Waals surface area contributed by atoms with Gasteiger partial charge < -0.3 is 22.5 Å². The van der Waals surface area contributed by atoms with Crippen LogP contribution in [0.2, 0.25) is 0 Å². The normalized spacial score (nSPS) is 22.8. The van der Waals surface area contributed by atoms with Crippen LogP contribution in [0.1, 0.15) is 24.0 Å². The van der Waals surface area contributed by atoms with Gasteiger partial charge in [-0.25, -0.2) is 4.79 Å². The number of carbonyl (C=O) groups is 1. The largest absolute Gasteiger partial charge is 0.360 e. The zero-order valence-electron chi connectivity index (χ0n) is 15.4. The van der Waals surface area contributed by atoms with E-state index in [1.165, 1.54) is 4.90 Å². The number of aliphatic imine (C=N–C) groups is 1. The maximum Gasteiger partial charge on any atom is 0.324 e. The first-order chi connectivity index (χ1) is 12.5. The number of likely N-dealkylation sites (tertiary alicyclic amines) is 1. The van der Waals surface area contributed by atoms with Crippen LogP contribution in [0.3, 0.4) is 0 Å². The Labute approximate surface area is 186 Å². The van der Waals surface area contributed by atoms with E-state index < -0.39 is 6.17 Å². The summed E-state index contributed by atoms with van der Waals surface area (Å²) in [4.78, 5) is 22.9. The van der Waals surface area contributed by atoms with Crippen LogP contribution in [0.25, 0.3) is 0 Å². The second kappa shape index (κ2) is 9.63. The fourth-order valence-electron chi connectivity index (χ4n) is 3.41. The number of rotatable bonds is 3. The van der Waals surface area contributed by atoms with Gasteiger partial charge in [-0.3, -0.25) is 16.8 Å². The number of urea groups is 1. The van der Waals surface area contributed by atoms with Gasteiger partial charge in [0.25, 0.3) is 0 Å². The van der Waals surface area contributed by atoms with E-state index in [-0.39, 0.29) is 57.9 Å². The summed E-state index contributed by atoms with van der Waals surface area (Å²) in [6.45, 7) is 9.80. The predicted octanol–water partition coefficient (Wildman–Crippen LogP) is 1.57. The number of nitrogens with zero attached hydrogens (tertiary/aromatic N) is 5. The van der Waals surface area contributed by atoms with Crippen LogP contribution in [0.4, 0.5) is 4.79 Å². The summed E-state index contributed by atoms with van der Waals surface area (Å²) in [5.74, 6) is 0.586. The number of guanidine groups is 1. The summed E-state index contributed by atoms with van der Waals surface area (Å²) in [6.07, 6.45) is 1.40. The van der Waals surface area contributed by atoms with Crippen molar-refractivity contribution in [1.82, 2.24) is 14.7 Å². The summed E-state index contributed by atoms with van der Waals surface area (Å²) in [5, 5.41) is 9.36. The van der Waals surface area contributed by atoms with Gasteiger partial charge >= 0.3 is 6.03 Å². The first-order valence-corrected chi connectivity index (χ1v) is 8.82. The van der Waals surface area contributed by atoms with E-state index in [4.69, 9.17) is 5.73 Å². The van der Waals surface area contributed by atoms with E-state index in [9.17, 15) is 10.1 Å². The summed E-state index contributed by atoms with van der Waals surface area (Å²) in [6, 6.07) is 9.33. The van der Waals surface area contributed by atoms with Gasteiger partial charge in [-0.05, 0) is 24.5 Å².